The summed E-state index contributed by atoms with van der Waals surface area (Å²) in [5, 5.41) is 3.32. The summed E-state index contributed by atoms with van der Waals surface area (Å²) in [6, 6.07) is 10.2. The molecule has 1 rings (SSSR count). The second kappa shape index (κ2) is 7.17. The van der Waals surface area contributed by atoms with E-state index in [4.69, 9.17) is 9.47 Å². The van der Waals surface area contributed by atoms with Gasteiger partial charge < -0.3 is 14.8 Å². The minimum atomic E-state index is -0.304. The Bertz CT molecular complexity index is 296. The van der Waals surface area contributed by atoms with Crippen molar-refractivity contribution < 1.29 is 9.47 Å². The van der Waals surface area contributed by atoms with Gasteiger partial charge in [-0.2, -0.15) is 0 Å². The van der Waals surface area contributed by atoms with E-state index in [0.717, 1.165) is 6.54 Å². The summed E-state index contributed by atoms with van der Waals surface area (Å²) in [6.45, 7) is 4.53. The first-order valence-corrected chi connectivity index (χ1v) is 5.27. The molecule has 0 bridgehead atoms. The molecule has 0 radical (unpaired) electrons. The Morgan fingerprint density at radius 3 is 2.38 bits per heavy atom. The number of rotatable bonds is 7. The predicted molar refractivity (Wildman–Crippen MR) is 65.1 cm³/mol. The van der Waals surface area contributed by atoms with Gasteiger partial charge in [0.2, 0.25) is 0 Å². The van der Waals surface area contributed by atoms with Crippen molar-refractivity contribution in [1.29, 1.82) is 0 Å². The molecule has 1 aromatic carbocycles. The first-order valence-electron chi connectivity index (χ1n) is 5.27. The molecule has 1 N–H and O–H groups in total. The second-order valence-corrected chi connectivity index (χ2v) is 3.47. The highest BCUT2D eigenvalue weighted by atomic mass is 16.7. The molecule has 3 heteroatoms. The van der Waals surface area contributed by atoms with E-state index in [0.29, 0.717) is 0 Å². The van der Waals surface area contributed by atoms with Crippen LogP contribution < -0.4 is 5.32 Å². The monoisotopic (exact) mass is 221 g/mol. The molecule has 0 aliphatic rings. The van der Waals surface area contributed by atoms with Gasteiger partial charge in [0.25, 0.3) is 0 Å². The lowest BCUT2D eigenvalue weighted by atomic mass is 10.2. The third-order valence-electron chi connectivity index (χ3n) is 2.40. The van der Waals surface area contributed by atoms with Crippen molar-refractivity contribution in [3.05, 3.63) is 48.6 Å². The van der Waals surface area contributed by atoms with Gasteiger partial charge in [-0.1, -0.05) is 36.4 Å². The number of methoxy groups -OCH3 is 2. The van der Waals surface area contributed by atoms with Gasteiger partial charge in [-0.05, 0) is 5.56 Å². The molecule has 3 nitrogen and oxygen atoms in total. The fraction of sp³-hybridized carbons (Fsp3) is 0.385. The summed E-state index contributed by atoms with van der Waals surface area (Å²) in [4.78, 5) is 0. The van der Waals surface area contributed by atoms with Crippen molar-refractivity contribution in [2.24, 2.45) is 0 Å². The Morgan fingerprint density at radius 1 is 1.25 bits per heavy atom. The highest BCUT2D eigenvalue weighted by Gasteiger charge is 2.16. The van der Waals surface area contributed by atoms with Crippen LogP contribution >= 0.6 is 0 Å². The molecule has 0 amide bonds. The zero-order valence-electron chi connectivity index (χ0n) is 9.85. The highest BCUT2D eigenvalue weighted by Crippen LogP contribution is 2.03. The van der Waals surface area contributed by atoms with Crippen molar-refractivity contribution >= 4 is 0 Å². The van der Waals surface area contributed by atoms with E-state index in [1.807, 2.05) is 18.2 Å². The standard InChI is InChI=1S/C13H19NO2/c1-4-12(13(15-2)16-3)14-10-11-8-6-5-7-9-11/h4-9,12-14H,1,10H2,2-3H3. The summed E-state index contributed by atoms with van der Waals surface area (Å²) in [5.74, 6) is 0. The SMILES string of the molecule is C=CC(NCc1ccccc1)C(OC)OC. The van der Waals surface area contributed by atoms with Crippen LogP contribution in [0.1, 0.15) is 5.56 Å². The number of nitrogens with one attached hydrogen (secondary N) is 1. The topological polar surface area (TPSA) is 30.5 Å². The molecule has 1 atom stereocenters. The zero-order chi connectivity index (χ0) is 11.8. The molecule has 0 aliphatic carbocycles. The molecular formula is C13H19NO2. The van der Waals surface area contributed by atoms with Gasteiger partial charge >= 0.3 is 0 Å². The number of hydrogen-bond donors (Lipinski definition) is 1. The molecule has 0 saturated heterocycles. The molecule has 88 valence electrons. The number of benzene rings is 1. The van der Waals surface area contributed by atoms with Crippen LogP contribution in [-0.2, 0) is 16.0 Å². The molecule has 16 heavy (non-hydrogen) atoms. The Balaban J connectivity index is 2.48. The molecule has 0 fully saturated rings. The van der Waals surface area contributed by atoms with E-state index >= 15 is 0 Å². The molecule has 0 aromatic heterocycles. The van der Waals surface area contributed by atoms with Crippen molar-refractivity contribution in [3.8, 4) is 0 Å². The van der Waals surface area contributed by atoms with Crippen molar-refractivity contribution in [2.45, 2.75) is 18.9 Å². The van der Waals surface area contributed by atoms with E-state index < -0.39 is 0 Å². The van der Waals surface area contributed by atoms with Gasteiger partial charge in [0.15, 0.2) is 6.29 Å². The summed E-state index contributed by atoms with van der Waals surface area (Å²) in [5.41, 5.74) is 1.22. The molecule has 0 spiro atoms. The van der Waals surface area contributed by atoms with Crippen molar-refractivity contribution in [2.75, 3.05) is 14.2 Å². The van der Waals surface area contributed by atoms with Crippen LogP contribution in [0.25, 0.3) is 0 Å². The van der Waals surface area contributed by atoms with E-state index in [9.17, 15) is 0 Å². The lowest BCUT2D eigenvalue weighted by molar-refractivity contribution is -0.114. The maximum absolute atomic E-state index is 5.18. The number of ether oxygens (including phenoxy) is 2. The van der Waals surface area contributed by atoms with Crippen LogP contribution in [0.15, 0.2) is 43.0 Å². The first-order chi connectivity index (χ1) is 7.81. The number of hydrogen-bond acceptors (Lipinski definition) is 3. The summed E-state index contributed by atoms with van der Waals surface area (Å²) < 4.78 is 10.4. The minimum absolute atomic E-state index is 0.0183. The summed E-state index contributed by atoms with van der Waals surface area (Å²) in [7, 11) is 3.24. The van der Waals surface area contributed by atoms with Gasteiger partial charge in [0.05, 0.1) is 6.04 Å². The van der Waals surface area contributed by atoms with Crippen LogP contribution in [0.3, 0.4) is 0 Å². The lowest BCUT2D eigenvalue weighted by Gasteiger charge is -2.22. The van der Waals surface area contributed by atoms with E-state index in [1.165, 1.54) is 5.56 Å². The highest BCUT2D eigenvalue weighted by molar-refractivity contribution is 5.14. The van der Waals surface area contributed by atoms with E-state index in [-0.39, 0.29) is 12.3 Å². The van der Waals surface area contributed by atoms with Crippen LogP contribution in [0.5, 0.6) is 0 Å². The van der Waals surface area contributed by atoms with Crippen molar-refractivity contribution in [1.82, 2.24) is 5.32 Å². The molecular weight excluding hydrogens is 202 g/mol. The maximum Gasteiger partial charge on any atom is 0.175 e. The summed E-state index contributed by atoms with van der Waals surface area (Å²) >= 11 is 0. The molecule has 1 unspecified atom stereocenters. The van der Waals surface area contributed by atoms with Gasteiger partial charge in [0.1, 0.15) is 0 Å². The molecule has 0 aliphatic heterocycles. The lowest BCUT2D eigenvalue weighted by Crippen LogP contribution is -2.40. The third-order valence-corrected chi connectivity index (χ3v) is 2.40. The Morgan fingerprint density at radius 2 is 1.88 bits per heavy atom. The van der Waals surface area contributed by atoms with Gasteiger partial charge in [-0.15, -0.1) is 6.58 Å². The van der Waals surface area contributed by atoms with E-state index in [2.05, 4.69) is 24.0 Å². The van der Waals surface area contributed by atoms with Crippen LogP contribution in [0, 0.1) is 0 Å². The Hall–Kier alpha value is -1.16. The molecule has 0 saturated carbocycles. The Kier molecular flexibility index (Phi) is 5.78. The minimum Gasteiger partial charge on any atom is -0.354 e. The van der Waals surface area contributed by atoms with Crippen molar-refractivity contribution in [3.63, 3.8) is 0 Å². The fourth-order valence-corrected chi connectivity index (χ4v) is 1.51. The molecule has 1 aromatic rings. The van der Waals surface area contributed by atoms with E-state index in [1.54, 1.807) is 20.3 Å². The fourth-order valence-electron chi connectivity index (χ4n) is 1.51. The average Bonchev–Trinajstić information content (AvgIpc) is 2.35. The second-order valence-electron chi connectivity index (χ2n) is 3.47. The molecule has 0 heterocycles. The van der Waals surface area contributed by atoms with Gasteiger partial charge in [0, 0.05) is 20.8 Å². The zero-order valence-corrected chi connectivity index (χ0v) is 9.85. The maximum atomic E-state index is 5.18. The average molecular weight is 221 g/mol. The first kappa shape index (κ1) is 12.9. The summed E-state index contributed by atoms with van der Waals surface area (Å²) in [6.07, 6.45) is 1.49. The van der Waals surface area contributed by atoms with Gasteiger partial charge in [-0.3, -0.25) is 0 Å². The van der Waals surface area contributed by atoms with Gasteiger partial charge in [-0.25, -0.2) is 0 Å². The van der Waals surface area contributed by atoms with Crippen LogP contribution in [0.2, 0.25) is 0 Å². The van der Waals surface area contributed by atoms with Crippen LogP contribution in [-0.4, -0.2) is 26.6 Å². The smallest absolute Gasteiger partial charge is 0.175 e. The normalized spacial score (nSPS) is 12.7. The predicted octanol–water partition coefficient (Wildman–Crippen LogP) is 1.95. The quantitative estimate of drug-likeness (QED) is 0.564. The largest absolute Gasteiger partial charge is 0.354 e. The van der Waals surface area contributed by atoms with Crippen LogP contribution in [0.4, 0.5) is 0 Å². The third kappa shape index (κ3) is 3.77. The Labute approximate surface area is 97.1 Å².